The maximum atomic E-state index is 12.4. The van der Waals surface area contributed by atoms with E-state index >= 15 is 0 Å². The first-order valence-corrected chi connectivity index (χ1v) is 9.51. The van der Waals surface area contributed by atoms with Gasteiger partial charge in [-0.2, -0.15) is 0 Å². The number of benzene rings is 1. The Kier molecular flexibility index (Phi) is 7.97. The molecule has 0 spiro atoms. The second-order valence-electron chi connectivity index (χ2n) is 5.90. The Bertz CT molecular complexity index is 777. The van der Waals surface area contributed by atoms with Gasteiger partial charge in [0, 0.05) is 4.88 Å². The van der Waals surface area contributed by atoms with Gasteiger partial charge in [0.15, 0.2) is 13.1 Å². The minimum Gasteiger partial charge on any atom is -0.465 e. The number of hydrogen-bond acceptors (Lipinski definition) is 5. The molecule has 3 N–H and O–H groups in total. The molecule has 0 radical (unpaired) electrons. The third kappa shape index (κ3) is 6.50. The molecule has 0 aliphatic heterocycles. The number of carbonyl (C=O) groups is 3. The Hall–Kier alpha value is -2.71. The lowest BCUT2D eigenvalue weighted by Gasteiger charge is -2.17. The van der Waals surface area contributed by atoms with Crippen LogP contribution >= 0.6 is 11.3 Å². The van der Waals surface area contributed by atoms with Crippen LogP contribution in [0.5, 0.6) is 0 Å². The number of amides is 2. The zero-order chi connectivity index (χ0) is 19.6. The molecule has 144 valence electrons. The van der Waals surface area contributed by atoms with Crippen molar-refractivity contribution in [2.75, 3.05) is 32.1 Å². The number of esters is 1. The molecule has 0 fully saturated rings. The second kappa shape index (κ2) is 10.4. The van der Waals surface area contributed by atoms with Crippen LogP contribution in [0.25, 0.3) is 0 Å². The molecule has 0 bridgehead atoms. The molecule has 1 unspecified atom stereocenters. The smallest absolute Gasteiger partial charge is 0.339 e. The van der Waals surface area contributed by atoms with Crippen LogP contribution < -0.4 is 15.5 Å². The number of quaternary nitrogens is 1. The van der Waals surface area contributed by atoms with E-state index in [0.29, 0.717) is 24.3 Å². The number of para-hydroxylation sites is 1. The summed E-state index contributed by atoms with van der Waals surface area (Å²) in [5, 5.41) is 7.55. The number of ether oxygens (including phenoxy) is 1. The summed E-state index contributed by atoms with van der Waals surface area (Å²) in [5.41, 5.74) is 0.687. The highest BCUT2D eigenvalue weighted by Gasteiger charge is 2.19. The van der Waals surface area contributed by atoms with E-state index in [0.717, 1.165) is 9.78 Å². The number of nitrogens with one attached hydrogen (secondary N) is 3. The predicted molar refractivity (Wildman–Crippen MR) is 104 cm³/mol. The van der Waals surface area contributed by atoms with Crippen molar-refractivity contribution in [3.63, 3.8) is 0 Å². The Morgan fingerprint density at radius 3 is 2.48 bits per heavy atom. The Labute approximate surface area is 162 Å². The molecule has 2 aromatic rings. The number of thiophene rings is 1. The third-order valence-electron chi connectivity index (χ3n) is 3.97. The minimum absolute atomic E-state index is 0.108. The molecule has 0 saturated heterocycles. The average molecular weight is 390 g/mol. The van der Waals surface area contributed by atoms with E-state index in [1.165, 1.54) is 7.11 Å². The van der Waals surface area contributed by atoms with Crippen molar-refractivity contribution in [2.24, 2.45) is 0 Å². The molecular weight excluding hydrogens is 366 g/mol. The Balaban J connectivity index is 1.87. The van der Waals surface area contributed by atoms with E-state index in [9.17, 15) is 14.4 Å². The number of methoxy groups -OCH3 is 1. The second-order valence-corrected chi connectivity index (χ2v) is 6.93. The molecule has 0 aliphatic rings. The summed E-state index contributed by atoms with van der Waals surface area (Å²) < 4.78 is 4.72. The molecule has 0 aliphatic carbocycles. The van der Waals surface area contributed by atoms with Crippen molar-refractivity contribution in [1.82, 2.24) is 5.32 Å². The fourth-order valence-corrected chi connectivity index (χ4v) is 3.15. The number of anilines is 1. The van der Waals surface area contributed by atoms with Gasteiger partial charge < -0.3 is 20.3 Å². The van der Waals surface area contributed by atoms with Gasteiger partial charge >= 0.3 is 5.97 Å². The number of rotatable bonds is 9. The normalized spacial score (nSPS) is 11.5. The first kappa shape index (κ1) is 20.6. The zero-order valence-electron chi connectivity index (χ0n) is 15.4. The first-order chi connectivity index (χ1) is 13.0. The summed E-state index contributed by atoms with van der Waals surface area (Å²) >= 11 is 1.58. The van der Waals surface area contributed by atoms with Crippen LogP contribution in [0.3, 0.4) is 0 Å². The lowest BCUT2D eigenvalue weighted by molar-refractivity contribution is -0.881. The van der Waals surface area contributed by atoms with Crippen LogP contribution in [0.2, 0.25) is 0 Å². The topological polar surface area (TPSA) is 88.9 Å². The molecule has 0 saturated carbocycles. The molecule has 8 heteroatoms. The average Bonchev–Trinajstić information content (AvgIpc) is 3.19. The minimum atomic E-state index is -0.515. The lowest BCUT2D eigenvalue weighted by Crippen LogP contribution is -3.14. The first-order valence-electron chi connectivity index (χ1n) is 8.63. The van der Waals surface area contributed by atoms with E-state index in [4.69, 9.17) is 4.74 Å². The van der Waals surface area contributed by atoms with Gasteiger partial charge in [0.2, 0.25) is 0 Å². The van der Waals surface area contributed by atoms with Crippen LogP contribution in [-0.4, -0.2) is 44.5 Å². The fraction of sp³-hybridized carbons (Fsp3) is 0.316. The van der Waals surface area contributed by atoms with Crippen LogP contribution in [-0.2, 0) is 20.9 Å². The number of likely N-dealkylation sites (N-methyl/N-ethyl adjacent to an activating group) is 1. The number of carbonyl (C=O) groups excluding carboxylic acids is 3. The maximum absolute atomic E-state index is 12.4. The molecule has 27 heavy (non-hydrogen) atoms. The van der Waals surface area contributed by atoms with E-state index in [-0.39, 0.29) is 24.9 Å². The summed E-state index contributed by atoms with van der Waals surface area (Å²) in [5.74, 6) is -0.893. The molecular formula is C19H24N3O4S+. The Morgan fingerprint density at radius 2 is 1.81 bits per heavy atom. The van der Waals surface area contributed by atoms with Crippen LogP contribution in [0.1, 0.15) is 22.2 Å². The zero-order valence-corrected chi connectivity index (χ0v) is 16.2. The van der Waals surface area contributed by atoms with E-state index < -0.39 is 5.97 Å². The van der Waals surface area contributed by atoms with Gasteiger partial charge in [-0.1, -0.05) is 18.2 Å². The lowest BCUT2D eigenvalue weighted by atomic mass is 10.2. The van der Waals surface area contributed by atoms with Gasteiger partial charge in [0.25, 0.3) is 11.8 Å². The largest absolute Gasteiger partial charge is 0.465 e. The molecule has 2 amide bonds. The van der Waals surface area contributed by atoms with Gasteiger partial charge in [-0.15, -0.1) is 11.3 Å². The molecule has 7 nitrogen and oxygen atoms in total. The van der Waals surface area contributed by atoms with Gasteiger partial charge in [-0.3, -0.25) is 9.59 Å². The summed E-state index contributed by atoms with van der Waals surface area (Å²) in [6.45, 7) is 3.36. The van der Waals surface area contributed by atoms with Gasteiger partial charge in [0.05, 0.1) is 31.5 Å². The van der Waals surface area contributed by atoms with Crippen molar-refractivity contribution >= 4 is 34.8 Å². The summed E-state index contributed by atoms with van der Waals surface area (Å²) in [4.78, 5) is 38.2. The highest BCUT2D eigenvalue weighted by atomic mass is 32.1. The molecule has 1 heterocycles. The summed E-state index contributed by atoms with van der Waals surface area (Å²) in [6.07, 6.45) is 0. The monoisotopic (exact) mass is 390 g/mol. The maximum Gasteiger partial charge on any atom is 0.339 e. The van der Waals surface area contributed by atoms with Crippen molar-refractivity contribution < 1.29 is 24.0 Å². The van der Waals surface area contributed by atoms with Gasteiger partial charge in [-0.25, -0.2) is 4.79 Å². The standard InChI is InChI=1S/C19H23N3O4S/c1-3-22(12-17(23)20-11-14-7-6-10-27-14)13-18(24)21-16-9-5-4-8-15(16)19(25)26-2/h4-10H,3,11-13H2,1-2H3,(H,20,23)(H,21,24)/p+1. The van der Waals surface area contributed by atoms with Crippen molar-refractivity contribution in [2.45, 2.75) is 13.5 Å². The Morgan fingerprint density at radius 1 is 1.07 bits per heavy atom. The molecule has 1 atom stereocenters. The van der Waals surface area contributed by atoms with Crippen LogP contribution in [0.15, 0.2) is 41.8 Å². The summed E-state index contributed by atoms with van der Waals surface area (Å²) in [6, 6.07) is 10.6. The predicted octanol–water partition coefficient (Wildman–Crippen LogP) is 0.694. The van der Waals surface area contributed by atoms with Crippen molar-refractivity contribution in [3.8, 4) is 0 Å². The fourth-order valence-electron chi connectivity index (χ4n) is 2.50. The number of hydrogen-bond donors (Lipinski definition) is 3. The summed E-state index contributed by atoms with van der Waals surface area (Å²) in [7, 11) is 1.29. The quantitative estimate of drug-likeness (QED) is 0.550. The highest BCUT2D eigenvalue weighted by molar-refractivity contribution is 7.09. The van der Waals surface area contributed by atoms with Gasteiger partial charge in [-0.05, 0) is 30.5 Å². The highest BCUT2D eigenvalue weighted by Crippen LogP contribution is 2.15. The van der Waals surface area contributed by atoms with Crippen molar-refractivity contribution in [1.29, 1.82) is 0 Å². The van der Waals surface area contributed by atoms with Crippen LogP contribution in [0.4, 0.5) is 5.69 Å². The van der Waals surface area contributed by atoms with E-state index in [1.54, 1.807) is 35.6 Å². The van der Waals surface area contributed by atoms with E-state index in [2.05, 4.69) is 10.6 Å². The molecule has 2 rings (SSSR count). The van der Waals surface area contributed by atoms with Crippen LogP contribution in [0, 0.1) is 0 Å². The third-order valence-corrected chi connectivity index (χ3v) is 4.84. The van der Waals surface area contributed by atoms with E-state index in [1.807, 2.05) is 24.4 Å². The van der Waals surface area contributed by atoms with Crippen molar-refractivity contribution in [3.05, 3.63) is 52.2 Å². The molecule has 1 aromatic heterocycles. The van der Waals surface area contributed by atoms with Gasteiger partial charge in [0.1, 0.15) is 0 Å². The molecule has 1 aromatic carbocycles. The SMILES string of the molecule is CC[NH+](CC(=O)NCc1cccs1)CC(=O)Nc1ccccc1C(=O)OC.